The molecule has 2 heterocycles. The van der Waals surface area contributed by atoms with Gasteiger partial charge in [0.1, 0.15) is 4.90 Å². The molecule has 1 saturated heterocycles. The third-order valence-corrected chi connectivity index (χ3v) is 7.85. The summed E-state index contributed by atoms with van der Waals surface area (Å²) in [6, 6.07) is 0. The molecule has 1 aromatic heterocycles. The van der Waals surface area contributed by atoms with Crippen LogP contribution in [0.25, 0.3) is 0 Å². The van der Waals surface area contributed by atoms with E-state index in [0.717, 1.165) is 12.8 Å². The summed E-state index contributed by atoms with van der Waals surface area (Å²) in [6.07, 6.45) is 3.51. The van der Waals surface area contributed by atoms with Gasteiger partial charge in [0.25, 0.3) is 0 Å². The molecule has 1 aliphatic carbocycles. The second-order valence-electron chi connectivity index (χ2n) is 7.85. The molecule has 2 atom stereocenters. The van der Waals surface area contributed by atoms with E-state index in [9.17, 15) is 13.2 Å². The van der Waals surface area contributed by atoms with Crippen LogP contribution in [-0.4, -0.2) is 54.0 Å². The number of hydrogen-bond donors (Lipinski definition) is 3. The number of nitrogens with two attached hydrogens (primary N) is 1. The van der Waals surface area contributed by atoms with Gasteiger partial charge in [0.2, 0.25) is 15.9 Å². The lowest BCUT2D eigenvalue weighted by Crippen LogP contribution is -2.56. The summed E-state index contributed by atoms with van der Waals surface area (Å²) >= 11 is 0. The smallest absolute Gasteiger partial charge is 0.246 e. The fourth-order valence-electron chi connectivity index (χ4n) is 3.85. The molecular weight excluding hydrogens is 354 g/mol. The first-order valence-electron chi connectivity index (χ1n) is 9.23. The van der Waals surface area contributed by atoms with E-state index in [2.05, 4.69) is 15.5 Å². The van der Waals surface area contributed by atoms with Crippen LogP contribution in [0.15, 0.2) is 4.90 Å². The molecule has 0 radical (unpaired) electrons. The number of amides is 1. The summed E-state index contributed by atoms with van der Waals surface area (Å²) in [5.41, 5.74) is 6.48. The van der Waals surface area contributed by atoms with Crippen LogP contribution in [0, 0.1) is 25.7 Å². The highest BCUT2D eigenvalue weighted by Gasteiger charge is 2.43. The molecule has 0 aromatic carbocycles. The van der Waals surface area contributed by atoms with E-state index >= 15 is 0 Å². The van der Waals surface area contributed by atoms with Gasteiger partial charge >= 0.3 is 0 Å². The first-order chi connectivity index (χ1) is 12.2. The van der Waals surface area contributed by atoms with Crippen LogP contribution in [0.3, 0.4) is 0 Å². The van der Waals surface area contributed by atoms with Crippen molar-refractivity contribution >= 4 is 15.9 Å². The highest BCUT2D eigenvalue weighted by Crippen LogP contribution is 2.39. The van der Waals surface area contributed by atoms with Crippen LogP contribution in [0.2, 0.25) is 0 Å². The van der Waals surface area contributed by atoms with Gasteiger partial charge in [0, 0.05) is 19.6 Å². The summed E-state index contributed by atoms with van der Waals surface area (Å²) in [7, 11) is -3.66. The summed E-state index contributed by atoms with van der Waals surface area (Å²) in [5, 5.41) is 9.82. The molecule has 1 aliphatic heterocycles. The summed E-state index contributed by atoms with van der Waals surface area (Å²) in [4.78, 5) is 13.0. The zero-order chi connectivity index (χ0) is 19.1. The Balaban J connectivity index is 1.74. The standard InChI is InChI=1S/C17H29N5O3S/c1-11-15(12(2)21-20-11)26(24,25)22-8-4-5-13(9-22)16(23)19-17(3,10-18)14-6-7-14/h13-14H,4-10,18H2,1-3H3,(H,19,23)(H,20,21). The maximum absolute atomic E-state index is 13.0. The quantitative estimate of drug-likeness (QED) is 0.667. The van der Waals surface area contributed by atoms with Crippen molar-refractivity contribution in [2.75, 3.05) is 19.6 Å². The Labute approximate surface area is 154 Å². The van der Waals surface area contributed by atoms with Crippen molar-refractivity contribution in [2.45, 2.75) is 56.9 Å². The van der Waals surface area contributed by atoms with E-state index in [1.54, 1.807) is 13.8 Å². The predicted octanol–water partition coefficient (Wildman–Crippen LogP) is 0.671. The molecule has 4 N–H and O–H groups in total. The number of aromatic nitrogens is 2. The number of carbonyl (C=O) groups is 1. The molecule has 2 fully saturated rings. The van der Waals surface area contributed by atoms with E-state index in [0.29, 0.717) is 43.2 Å². The Bertz CT molecular complexity index is 767. The van der Waals surface area contributed by atoms with Crippen LogP contribution in [0.5, 0.6) is 0 Å². The average Bonchev–Trinajstić information content (AvgIpc) is 3.40. The SMILES string of the molecule is Cc1n[nH]c(C)c1S(=O)(=O)N1CCCC(C(=O)NC(C)(CN)C2CC2)C1. The summed E-state index contributed by atoms with van der Waals surface area (Å²) < 4.78 is 27.5. The average molecular weight is 384 g/mol. The van der Waals surface area contributed by atoms with Gasteiger partial charge in [-0.05, 0) is 52.4 Å². The second-order valence-corrected chi connectivity index (χ2v) is 9.73. The van der Waals surface area contributed by atoms with Crippen LogP contribution in [0.1, 0.15) is 44.0 Å². The fourth-order valence-corrected chi connectivity index (χ4v) is 5.70. The number of aromatic amines is 1. The summed E-state index contributed by atoms with van der Waals surface area (Å²) in [6.45, 7) is 6.37. The van der Waals surface area contributed by atoms with Crippen LogP contribution >= 0.6 is 0 Å². The van der Waals surface area contributed by atoms with E-state index in [-0.39, 0.29) is 23.3 Å². The monoisotopic (exact) mass is 383 g/mol. The van der Waals surface area contributed by atoms with Gasteiger partial charge in [0.05, 0.1) is 22.8 Å². The Hall–Kier alpha value is -1.45. The van der Waals surface area contributed by atoms with E-state index in [4.69, 9.17) is 5.73 Å². The number of hydrogen-bond acceptors (Lipinski definition) is 5. The molecule has 0 bridgehead atoms. The normalized spacial score (nSPS) is 24.2. The van der Waals surface area contributed by atoms with Crippen molar-refractivity contribution in [3.8, 4) is 0 Å². The largest absolute Gasteiger partial charge is 0.349 e. The van der Waals surface area contributed by atoms with E-state index < -0.39 is 15.6 Å². The number of piperidine rings is 1. The van der Waals surface area contributed by atoms with Crippen LogP contribution in [-0.2, 0) is 14.8 Å². The highest BCUT2D eigenvalue weighted by atomic mass is 32.2. The Morgan fingerprint density at radius 2 is 2.08 bits per heavy atom. The van der Waals surface area contributed by atoms with E-state index in [1.807, 2.05) is 6.92 Å². The molecular formula is C17H29N5O3S. The van der Waals surface area contributed by atoms with Gasteiger partial charge in [0.15, 0.2) is 0 Å². The lowest BCUT2D eigenvalue weighted by atomic mass is 9.92. The molecule has 0 spiro atoms. The molecule has 1 amide bonds. The number of nitrogens with zero attached hydrogens (tertiary/aromatic N) is 2. The van der Waals surface area contributed by atoms with Crippen molar-refractivity contribution in [1.82, 2.24) is 19.8 Å². The number of H-pyrrole nitrogens is 1. The molecule has 1 saturated carbocycles. The lowest BCUT2D eigenvalue weighted by molar-refractivity contribution is -0.128. The Kier molecular flexibility index (Phi) is 5.15. The van der Waals surface area contributed by atoms with Crippen molar-refractivity contribution in [1.29, 1.82) is 0 Å². The van der Waals surface area contributed by atoms with Gasteiger partial charge in [-0.2, -0.15) is 9.40 Å². The fraction of sp³-hybridized carbons (Fsp3) is 0.765. The van der Waals surface area contributed by atoms with Crippen molar-refractivity contribution in [3.05, 3.63) is 11.4 Å². The molecule has 26 heavy (non-hydrogen) atoms. The highest BCUT2D eigenvalue weighted by molar-refractivity contribution is 7.89. The number of aryl methyl sites for hydroxylation is 2. The topological polar surface area (TPSA) is 121 Å². The van der Waals surface area contributed by atoms with Crippen LogP contribution in [0.4, 0.5) is 0 Å². The second kappa shape index (κ2) is 6.94. The van der Waals surface area contributed by atoms with E-state index in [1.165, 1.54) is 4.31 Å². The Morgan fingerprint density at radius 1 is 1.38 bits per heavy atom. The maximum Gasteiger partial charge on any atom is 0.246 e. The number of sulfonamides is 1. The van der Waals surface area contributed by atoms with Gasteiger partial charge in [-0.15, -0.1) is 0 Å². The lowest BCUT2D eigenvalue weighted by Gasteiger charge is -2.35. The molecule has 2 unspecified atom stereocenters. The Morgan fingerprint density at radius 3 is 2.62 bits per heavy atom. The minimum atomic E-state index is -3.66. The minimum Gasteiger partial charge on any atom is -0.349 e. The third-order valence-electron chi connectivity index (χ3n) is 5.72. The molecule has 9 heteroatoms. The van der Waals surface area contributed by atoms with Gasteiger partial charge in [-0.3, -0.25) is 9.89 Å². The number of rotatable bonds is 6. The van der Waals surface area contributed by atoms with Crippen molar-refractivity contribution in [3.63, 3.8) is 0 Å². The van der Waals surface area contributed by atoms with Crippen molar-refractivity contribution in [2.24, 2.45) is 17.6 Å². The van der Waals surface area contributed by atoms with Gasteiger partial charge in [-0.25, -0.2) is 8.42 Å². The molecule has 8 nitrogen and oxygen atoms in total. The molecule has 3 rings (SSSR count). The summed E-state index contributed by atoms with van der Waals surface area (Å²) in [5.74, 6) is -0.0165. The third kappa shape index (κ3) is 3.52. The van der Waals surface area contributed by atoms with Crippen molar-refractivity contribution < 1.29 is 13.2 Å². The first kappa shape index (κ1) is 19.3. The zero-order valence-electron chi connectivity index (χ0n) is 15.7. The number of nitrogens with one attached hydrogen (secondary N) is 2. The van der Waals surface area contributed by atoms with Gasteiger partial charge in [-0.1, -0.05) is 0 Å². The van der Waals surface area contributed by atoms with Crippen LogP contribution < -0.4 is 11.1 Å². The zero-order valence-corrected chi connectivity index (χ0v) is 16.5. The predicted molar refractivity (Wildman–Crippen MR) is 97.9 cm³/mol. The molecule has 146 valence electrons. The maximum atomic E-state index is 13.0. The number of carbonyl (C=O) groups excluding carboxylic acids is 1. The molecule has 1 aromatic rings. The minimum absolute atomic E-state index is 0.0922. The molecule has 2 aliphatic rings. The first-order valence-corrected chi connectivity index (χ1v) is 10.7. The van der Waals surface area contributed by atoms with Gasteiger partial charge < -0.3 is 11.1 Å².